The second kappa shape index (κ2) is 9.34. The van der Waals surface area contributed by atoms with Gasteiger partial charge in [0.05, 0.1) is 0 Å². The van der Waals surface area contributed by atoms with Crippen LogP contribution in [0.2, 0.25) is 0 Å². The van der Waals surface area contributed by atoms with Gasteiger partial charge in [0.15, 0.2) is 0 Å². The van der Waals surface area contributed by atoms with Gasteiger partial charge in [0.1, 0.15) is 5.82 Å². The number of alkyl halides is 3. The van der Waals surface area contributed by atoms with Gasteiger partial charge in [-0.2, -0.15) is 13.2 Å². The van der Waals surface area contributed by atoms with Gasteiger partial charge in [-0.25, -0.2) is 4.39 Å². The lowest BCUT2D eigenvalue weighted by atomic mass is 10.0. The molecule has 0 saturated carbocycles. The lowest BCUT2D eigenvalue weighted by molar-refractivity contribution is -0.110. The van der Waals surface area contributed by atoms with E-state index in [0.29, 0.717) is 0 Å². The molecule has 0 radical (unpaired) electrons. The SMILES string of the molecule is C=CCCCCC(=C)c1ccc(F)cc1.CC(F)(F)F. The number of rotatable bonds is 6. The van der Waals surface area contributed by atoms with E-state index >= 15 is 0 Å². The van der Waals surface area contributed by atoms with Crippen molar-refractivity contribution in [3.05, 3.63) is 54.9 Å². The van der Waals surface area contributed by atoms with Crippen molar-refractivity contribution in [1.29, 1.82) is 0 Å². The molecule has 0 fully saturated rings. The Kier molecular flexibility index (Phi) is 8.61. The first-order valence-corrected chi connectivity index (χ1v) is 6.35. The van der Waals surface area contributed by atoms with E-state index in [1.165, 1.54) is 12.1 Å². The highest BCUT2D eigenvalue weighted by Gasteiger charge is 2.15. The maximum atomic E-state index is 12.7. The van der Waals surface area contributed by atoms with E-state index < -0.39 is 6.18 Å². The Morgan fingerprint density at radius 3 is 2.10 bits per heavy atom. The standard InChI is InChI=1S/C14H17F.C2H3F3/c1-3-4-5-6-7-12(2)13-8-10-14(15)11-9-13;1-2(3,4)5/h3,8-11H,1-2,4-7H2;1H3. The molecule has 112 valence electrons. The Hall–Kier alpha value is -1.58. The highest BCUT2D eigenvalue weighted by Crippen LogP contribution is 2.19. The normalized spacial score (nSPS) is 10.4. The minimum atomic E-state index is -4.00. The zero-order valence-electron chi connectivity index (χ0n) is 11.6. The Morgan fingerprint density at radius 1 is 1.15 bits per heavy atom. The molecule has 0 spiro atoms. The van der Waals surface area contributed by atoms with Crippen molar-refractivity contribution >= 4 is 5.57 Å². The lowest BCUT2D eigenvalue weighted by Gasteiger charge is -2.05. The van der Waals surface area contributed by atoms with E-state index in [9.17, 15) is 17.6 Å². The smallest absolute Gasteiger partial charge is 0.207 e. The van der Waals surface area contributed by atoms with Crippen molar-refractivity contribution < 1.29 is 17.6 Å². The second-order valence-corrected chi connectivity index (χ2v) is 4.43. The highest BCUT2D eigenvalue weighted by atomic mass is 19.4. The number of benzene rings is 1. The summed E-state index contributed by atoms with van der Waals surface area (Å²) in [5.41, 5.74) is 2.12. The largest absolute Gasteiger partial charge is 0.386 e. The van der Waals surface area contributed by atoms with E-state index in [4.69, 9.17) is 0 Å². The molecule has 0 aliphatic rings. The molecule has 0 amide bonds. The minimum absolute atomic E-state index is 0.188. The van der Waals surface area contributed by atoms with Gasteiger partial charge < -0.3 is 0 Å². The second-order valence-electron chi connectivity index (χ2n) is 4.43. The molecule has 0 unspecified atom stereocenters. The van der Waals surface area contributed by atoms with Crippen LogP contribution in [-0.2, 0) is 0 Å². The molecule has 4 heteroatoms. The van der Waals surface area contributed by atoms with Gasteiger partial charge in [0.25, 0.3) is 0 Å². The molecule has 0 N–H and O–H groups in total. The van der Waals surface area contributed by atoms with Gasteiger partial charge in [0.2, 0.25) is 0 Å². The third-order valence-corrected chi connectivity index (χ3v) is 2.39. The predicted molar refractivity (Wildman–Crippen MR) is 75.8 cm³/mol. The third-order valence-electron chi connectivity index (χ3n) is 2.39. The van der Waals surface area contributed by atoms with Gasteiger partial charge in [-0.15, -0.1) is 6.58 Å². The summed E-state index contributed by atoms with van der Waals surface area (Å²) in [7, 11) is 0. The van der Waals surface area contributed by atoms with Gasteiger partial charge in [-0.3, -0.25) is 0 Å². The fraction of sp³-hybridized carbons (Fsp3) is 0.375. The van der Waals surface area contributed by atoms with Gasteiger partial charge in [-0.05, 0) is 49.0 Å². The van der Waals surface area contributed by atoms with E-state index in [2.05, 4.69) is 13.2 Å². The highest BCUT2D eigenvalue weighted by molar-refractivity contribution is 5.62. The van der Waals surface area contributed by atoms with E-state index in [1.807, 2.05) is 6.08 Å². The Bertz CT molecular complexity index is 395. The van der Waals surface area contributed by atoms with E-state index in [-0.39, 0.29) is 12.7 Å². The molecule has 0 bridgehead atoms. The Morgan fingerprint density at radius 2 is 1.65 bits per heavy atom. The molecule has 1 rings (SSSR count). The number of allylic oxidation sites excluding steroid dienone is 2. The van der Waals surface area contributed by atoms with Crippen LogP contribution in [0.4, 0.5) is 17.6 Å². The van der Waals surface area contributed by atoms with Gasteiger partial charge in [0, 0.05) is 6.92 Å². The first-order chi connectivity index (χ1) is 9.24. The average Bonchev–Trinajstić information content (AvgIpc) is 2.33. The van der Waals surface area contributed by atoms with Crippen LogP contribution >= 0.6 is 0 Å². The Labute approximate surface area is 117 Å². The lowest BCUT2D eigenvalue weighted by Crippen LogP contribution is -1.95. The molecule has 20 heavy (non-hydrogen) atoms. The maximum absolute atomic E-state index is 12.7. The fourth-order valence-electron chi connectivity index (χ4n) is 1.46. The van der Waals surface area contributed by atoms with Crippen molar-refractivity contribution in [3.63, 3.8) is 0 Å². The first kappa shape index (κ1) is 18.4. The number of halogens is 4. The van der Waals surface area contributed by atoms with Crippen molar-refractivity contribution in [2.45, 2.75) is 38.8 Å². The van der Waals surface area contributed by atoms with Crippen LogP contribution in [0, 0.1) is 5.82 Å². The molecule has 0 aromatic heterocycles. The van der Waals surface area contributed by atoms with Crippen LogP contribution in [-0.4, -0.2) is 6.18 Å². The minimum Gasteiger partial charge on any atom is -0.207 e. The van der Waals surface area contributed by atoms with Crippen LogP contribution in [0.3, 0.4) is 0 Å². The summed E-state index contributed by atoms with van der Waals surface area (Å²) < 4.78 is 43.7. The summed E-state index contributed by atoms with van der Waals surface area (Å²) in [5, 5.41) is 0. The van der Waals surface area contributed by atoms with Crippen molar-refractivity contribution in [1.82, 2.24) is 0 Å². The number of unbranched alkanes of at least 4 members (excludes halogenated alkanes) is 2. The molecule has 0 nitrogen and oxygen atoms in total. The monoisotopic (exact) mass is 288 g/mol. The molecule has 0 aliphatic heterocycles. The Balaban J connectivity index is 0.000000621. The summed E-state index contributed by atoms with van der Waals surface area (Å²) in [5.74, 6) is -0.196. The summed E-state index contributed by atoms with van der Waals surface area (Å²) in [6.07, 6.45) is 2.21. The zero-order chi connectivity index (χ0) is 15.6. The van der Waals surface area contributed by atoms with Crippen LogP contribution in [0.5, 0.6) is 0 Å². The summed E-state index contributed by atoms with van der Waals surface area (Å²) >= 11 is 0. The average molecular weight is 288 g/mol. The molecule has 1 aromatic carbocycles. The number of hydrogen-bond acceptors (Lipinski definition) is 0. The molecule has 0 saturated heterocycles. The van der Waals surface area contributed by atoms with Crippen molar-refractivity contribution in [3.8, 4) is 0 Å². The van der Waals surface area contributed by atoms with Crippen LogP contribution in [0.25, 0.3) is 5.57 Å². The maximum Gasteiger partial charge on any atom is 0.386 e. The van der Waals surface area contributed by atoms with Crippen molar-refractivity contribution in [2.75, 3.05) is 0 Å². The topological polar surface area (TPSA) is 0 Å². The summed E-state index contributed by atoms with van der Waals surface area (Å²) in [6, 6.07) is 6.52. The van der Waals surface area contributed by atoms with Crippen molar-refractivity contribution in [2.24, 2.45) is 0 Å². The third kappa shape index (κ3) is 11.5. The summed E-state index contributed by atoms with van der Waals surface area (Å²) in [6.45, 7) is 7.87. The fourth-order valence-corrected chi connectivity index (χ4v) is 1.46. The van der Waals surface area contributed by atoms with Gasteiger partial charge in [-0.1, -0.05) is 24.8 Å². The van der Waals surface area contributed by atoms with Crippen LogP contribution in [0.15, 0.2) is 43.5 Å². The quantitative estimate of drug-likeness (QED) is 0.334. The molecule has 0 atom stereocenters. The van der Waals surface area contributed by atoms with Gasteiger partial charge >= 0.3 is 6.18 Å². The molecule has 1 aromatic rings. The summed E-state index contributed by atoms with van der Waals surface area (Å²) in [4.78, 5) is 0. The first-order valence-electron chi connectivity index (χ1n) is 6.35. The van der Waals surface area contributed by atoms with Crippen LogP contribution < -0.4 is 0 Å². The molecular formula is C16H20F4. The number of hydrogen-bond donors (Lipinski definition) is 0. The van der Waals surface area contributed by atoms with E-state index in [0.717, 1.165) is 36.8 Å². The van der Waals surface area contributed by atoms with E-state index in [1.54, 1.807) is 12.1 Å². The molecule has 0 heterocycles. The molecule has 0 aliphatic carbocycles. The molecular weight excluding hydrogens is 268 g/mol. The van der Waals surface area contributed by atoms with Crippen LogP contribution in [0.1, 0.15) is 38.2 Å². The zero-order valence-corrected chi connectivity index (χ0v) is 11.6. The predicted octanol–water partition coefficient (Wildman–Crippen LogP) is 6.15.